The van der Waals surface area contributed by atoms with Crippen LogP contribution in [0.2, 0.25) is 0 Å². The molecular formula is C12H16N4O5. The number of morpholine rings is 1. The van der Waals surface area contributed by atoms with Gasteiger partial charge in [0.1, 0.15) is 17.6 Å². The number of nitro groups is 1. The van der Waals surface area contributed by atoms with Gasteiger partial charge >= 0.3 is 5.97 Å². The van der Waals surface area contributed by atoms with Gasteiger partial charge in [0.2, 0.25) is 0 Å². The van der Waals surface area contributed by atoms with Crippen LogP contribution >= 0.6 is 0 Å². The standard InChI is InChI=1S/C12H16N4O5/c1-15-2-3-21-9(7-15)6-14-11-10(12(17)18)4-8(5-13-11)16(19)20/h4-5,9H,2-3,6-7H2,1H3,(H,13,14)(H,17,18). The summed E-state index contributed by atoms with van der Waals surface area (Å²) in [6, 6.07) is 0.992. The third kappa shape index (κ3) is 3.86. The largest absolute Gasteiger partial charge is 0.478 e. The summed E-state index contributed by atoms with van der Waals surface area (Å²) in [6.07, 6.45) is 0.949. The summed E-state index contributed by atoms with van der Waals surface area (Å²) in [4.78, 5) is 27.1. The Kier molecular flexibility index (Phi) is 4.66. The van der Waals surface area contributed by atoms with Crippen LogP contribution in [0.15, 0.2) is 12.3 Å². The number of nitrogens with zero attached hydrogens (tertiary/aromatic N) is 3. The first kappa shape index (κ1) is 15.1. The maximum atomic E-state index is 11.2. The summed E-state index contributed by atoms with van der Waals surface area (Å²) in [5.41, 5.74) is -0.583. The van der Waals surface area contributed by atoms with E-state index in [1.165, 1.54) is 0 Å². The van der Waals surface area contributed by atoms with Crippen molar-refractivity contribution in [3.05, 3.63) is 27.9 Å². The molecule has 0 amide bonds. The van der Waals surface area contributed by atoms with Crippen LogP contribution in [-0.4, -0.2) is 65.3 Å². The Morgan fingerprint density at radius 1 is 1.71 bits per heavy atom. The summed E-state index contributed by atoms with van der Waals surface area (Å²) in [5, 5.41) is 22.6. The molecule has 2 N–H and O–H groups in total. The van der Waals surface area contributed by atoms with E-state index in [9.17, 15) is 14.9 Å². The molecule has 1 fully saturated rings. The van der Waals surface area contributed by atoms with Crippen LogP contribution in [0, 0.1) is 10.1 Å². The van der Waals surface area contributed by atoms with Crippen molar-refractivity contribution < 1.29 is 19.6 Å². The summed E-state index contributed by atoms with van der Waals surface area (Å²) in [5.74, 6) is -1.17. The Balaban J connectivity index is 2.08. The average molecular weight is 296 g/mol. The molecule has 1 aliphatic heterocycles. The Bertz CT molecular complexity index is 550. The number of ether oxygens (including phenoxy) is 1. The van der Waals surface area contributed by atoms with Crippen LogP contribution in [0.1, 0.15) is 10.4 Å². The lowest BCUT2D eigenvalue weighted by Gasteiger charge is -2.30. The Morgan fingerprint density at radius 3 is 3.10 bits per heavy atom. The van der Waals surface area contributed by atoms with Crippen LogP contribution in [-0.2, 0) is 4.74 Å². The number of aromatic nitrogens is 1. The minimum atomic E-state index is -1.27. The molecule has 1 aliphatic rings. The van der Waals surface area contributed by atoms with Crippen molar-refractivity contribution in [1.82, 2.24) is 9.88 Å². The van der Waals surface area contributed by atoms with Gasteiger partial charge in [0.25, 0.3) is 5.69 Å². The van der Waals surface area contributed by atoms with E-state index in [1.54, 1.807) is 0 Å². The summed E-state index contributed by atoms with van der Waals surface area (Å²) >= 11 is 0. The quantitative estimate of drug-likeness (QED) is 0.593. The zero-order valence-corrected chi connectivity index (χ0v) is 11.5. The van der Waals surface area contributed by atoms with E-state index >= 15 is 0 Å². The molecule has 0 bridgehead atoms. The number of carboxylic acids is 1. The first-order chi connectivity index (χ1) is 9.97. The Morgan fingerprint density at radius 2 is 2.48 bits per heavy atom. The smallest absolute Gasteiger partial charge is 0.339 e. The van der Waals surface area contributed by atoms with Crippen LogP contribution in [0.25, 0.3) is 0 Å². The lowest BCUT2D eigenvalue weighted by atomic mass is 10.2. The number of anilines is 1. The van der Waals surface area contributed by atoms with Crippen LogP contribution < -0.4 is 5.32 Å². The van der Waals surface area contributed by atoms with E-state index in [0.717, 1.165) is 25.4 Å². The second-order valence-corrected chi connectivity index (χ2v) is 4.79. The number of hydrogen-bond acceptors (Lipinski definition) is 7. The second kappa shape index (κ2) is 6.46. The van der Waals surface area contributed by atoms with Crippen molar-refractivity contribution >= 4 is 17.5 Å². The van der Waals surface area contributed by atoms with E-state index in [0.29, 0.717) is 13.2 Å². The third-order valence-electron chi connectivity index (χ3n) is 3.15. The maximum Gasteiger partial charge on any atom is 0.339 e. The number of aromatic carboxylic acids is 1. The molecular weight excluding hydrogens is 280 g/mol. The highest BCUT2D eigenvalue weighted by atomic mass is 16.6. The fraction of sp³-hybridized carbons (Fsp3) is 0.500. The molecule has 0 saturated carbocycles. The van der Waals surface area contributed by atoms with Crippen molar-refractivity contribution in [3.63, 3.8) is 0 Å². The van der Waals surface area contributed by atoms with E-state index in [4.69, 9.17) is 9.84 Å². The highest BCUT2D eigenvalue weighted by molar-refractivity contribution is 5.93. The van der Waals surface area contributed by atoms with E-state index < -0.39 is 10.9 Å². The van der Waals surface area contributed by atoms with Crippen molar-refractivity contribution in [2.45, 2.75) is 6.10 Å². The summed E-state index contributed by atoms with van der Waals surface area (Å²) < 4.78 is 5.54. The zero-order valence-electron chi connectivity index (χ0n) is 11.5. The number of pyridine rings is 1. The fourth-order valence-corrected chi connectivity index (χ4v) is 2.06. The van der Waals surface area contributed by atoms with Gasteiger partial charge in [-0.2, -0.15) is 0 Å². The van der Waals surface area contributed by atoms with E-state index in [-0.39, 0.29) is 23.2 Å². The molecule has 114 valence electrons. The Labute approximate surface area is 120 Å². The van der Waals surface area contributed by atoms with Crippen molar-refractivity contribution in [2.75, 3.05) is 38.6 Å². The summed E-state index contributed by atoms with van der Waals surface area (Å²) in [7, 11) is 1.97. The molecule has 1 atom stereocenters. The molecule has 0 aromatic carbocycles. The van der Waals surface area contributed by atoms with Crippen molar-refractivity contribution in [3.8, 4) is 0 Å². The lowest BCUT2D eigenvalue weighted by Crippen LogP contribution is -2.43. The normalized spacial score (nSPS) is 19.2. The third-order valence-corrected chi connectivity index (χ3v) is 3.15. The van der Waals surface area contributed by atoms with Gasteiger partial charge in [-0.1, -0.05) is 0 Å². The van der Waals surface area contributed by atoms with Gasteiger partial charge in [0.05, 0.1) is 17.6 Å². The van der Waals surface area contributed by atoms with Gasteiger partial charge in [-0.05, 0) is 7.05 Å². The van der Waals surface area contributed by atoms with Crippen molar-refractivity contribution in [2.24, 2.45) is 0 Å². The molecule has 0 aliphatic carbocycles. The molecule has 9 nitrogen and oxygen atoms in total. The van der Waals surface area contributed by atoms with Crippen LogP contribution in [0.5, 0.6) is 0 Å². The zero-order chi connectivity index (χ0) is 15.4. The maximum absolute atomic E-state index is 11.2. The topological polar surface area (TPSA) is 118 Å². The first-order valence-corrected chi connectivity index (χ1v) is 6.39. The van der Waals surface area contributed by atoms with Crippen LogP contribution in [0.3, 0.4) is 0 Å². The highest BCUT2D eigenvalue weighted by Crippen LogP contribution is 2.19. The van der Waals surface area contributed by atoms with Gasteiger partial charge in [0, 0.05) is 25.7 Å². The number of rotatable bonds is 5. The number of hydrogen-bond donors (Lipinski definition) is 2. The lowest BCUT2D eigenvalue weighted by molar-refractivity contribution is -0.385. The summed E-state index contributed by atoms with van der Waals surface area (Å²) in [6.45, 7) is 2.58. The molecule has 0 radical (unpaired) electrons. The number of nitrogens with one attached hydrogen (secondary N) is 1. The molecule has 0 spiro atoms. The predicted molar refractivity (Wildman–Crippen MR) is 73.6 cm³/mol. The minimum Gasteiger partial charge on any atom is -0.478 e. The molecule has 2 rings (SSSR count). The minimum absolute atomic E-state index is 0.0811. The van der Waals surface area contributed by atoms with Gasteiger partial charge < -0.3 is 20.1 Å². The van der Waals surface area contributed by atoms with Crippen LogP contribution in [0.4, 0.5) is 11.5 Å². The number of likely N-dealkylation sites (N-methyl/N-ethyl adjacent to an activating group) is 1. The molecule has 21 heavy (non-hydrogen) atoms. The van der Waals surface area contributed by atoms with Gasteiger partial charge in [-0.3, -0.25) is 10.1 Å². The molecule has 1 aromatic rings. The SMILES string of the molecule is CN1CCOC(CNc2ncc([N+](=O)[O-])cc2C(=O)O)C1. The number of carbonyl (C=O) groups is 1. The first-order valence-electron chi connectivity index (χ1n) is 6.39. The second-order valence-electron chi connectivity index (χ2n) is 4.79. The van der Waals surface area contributed by atoms with Gasteiger partial charge in [-0.25, -0.2) is 9.78 Å². The van der Waals surface area contributed by atoms with E-state index in [1.807, 2.05) is 7.05 Å². The number of carboxylic acid groups (broad SMARTS) is 1. The predicted octanol–water partition coefficient (Wildman–Crippen LogP) is 0.430. The Hall–Kier alpha value is -2.26. The van der Waals surface area contributed by atoms with Gasteiger partial charge in [-0.15, -0.1) is 0 Å². The molecule has 1 aromatic heterocycles. The van der Waals surface area contributed by atoms with E-state index in [2.05, 4.69) is 15.2 Å². The van der Waals surface area contributed by atoms with Crippen molar-refractivity contribution in [1.29, 1.82) is 0 Å². The average Bonchev–Trinajstić information content (AvgIpc) is 2.44. The van der Waals surface area contributed by atoms with Gasteiger partial charge in [0.15, 0.2) is 0 Å². The monoisotopic (exact) mass is 296 g/mol. The molecule has 1 saturated heterocycles. The molecule has 9 heteroatoms. The molecule has 1 unspecified atom stereocenters. The highest BCUT2D eigenvalue weighted by Gasteiger charge is 2.21. The molecule has 2 heterocycles. The fourth-order valence-electron chi connectivity index (χ4n) is 2.06.